The van der Waals surface area contributed by atoms with Gasteiger partial charge in [-0.2, -0.15) is 0 Å². The average molecular weight is 512 g/mol. The van der Waals surface area contributed by atoms with Crippen molar-refractivity contribution >= 4 is 58.1 Å². The van der Waals surface area contributed by atoms with Crippen molar-refractivity contribution in [2.24, 2.45) is 0 Å². The number of carbonyl (C=O) groups is 2. The highest BCUT2D eigenvalue weighted by Gasteiger charge is 2.20. The van der Waals surface area contributed by atoms with Crippen LogP contribution in [0.25, 0.3) is 0 Å². The molecule has 0 aliphatic rings. The van der Waals surface area contributed by atoms with Crippen molar-refractivity contribution in [3.63, 3.8) is 0 Å². The lowest BCUT2D eigenvalue weighted by Crippen LogP contribution is -2.10. The van der Waals surface area contributed by atoms with Crippen molar-refractivity contribution < 1.29 is 28.9 Å². The van der Waals surface area contributed by atoms with Gasteiger partial charge in [-0.25, -0.2) is 9.59 Å². The molecule has 0 N–H and O–H groups in total. The van der Waals surface area contributed by atoms with Gasteiger partial charge >= 0.3 is 11.9 Å². The normalized spacial score (nSPS) is 10.4. The van der Waals surface area contributed by atoms with Gasteiger partial charge in [0.2, 0.25) is 0 Å². The molecular weight excluding hydrogens is 503 g/mol. The predicted molar refractivity (Wildman–Crippen MR) is 118 cm³/mol. The predicted octanol–water partition coefficient (Wildman–Crippen LogP) is 5.90. The van der Waals surface area contributed by atoms with E-state index < -0.39 is 33.2 Å². The zero-order valence-corrected chi connectivity index (χ0v) is 18.3. The third kappa shape index (κ3) is 5.55. The van der Waals surface area contributed by atoms with E-state index in [-0.39, 0.29) is 37.7 Å². The van der Waals surface area contributed by atoms with Gasteiger partial charge < -0.3 is 9.47 Å². The molecule has 13 heteroatoms. The zero-order valence-electron chi connectivity index (χ0n) is 16.0. The lowest BCUT2D eigenvalue weighted by atomic mass is 10.2. The van der Waals surface area contributed by atoms with Gasteiger partial charge in [0.05, 0.1) is 26.0 Å². The van der Waals surface area contributed by atoms with Crippen LogP contribution in [0.3, 0.4) is 0 Å². The molecule has 0 amide bonds. The molecule has 0 radical (unpaired) electrons. The summed E-state index contributed by atoms with van der Waals surface area (Å²) in [6.45, 7) is 0. The van der Waals surface area contributed by atoms with Crippen molar-refractivity contribution in [3.8, 4) is 11.5 Å². The number of carbonyl (C=O) groups excluding carboxylic acids is 2. The Hall–Kier alpha value is -3.73. The minimum Gasteiger partial charge on any atom is -0.423 e. The van der Waals surface area contributed by atoms with Gasteiger partial charge in [-0.15, -0.1) is 0 Å². The maximum absolute atomic E-state index is 12.3. The van der Waals surface area contributed by atoms with Crippen LogP contribution in [0.2, 0.25) is 15.1 Å². The van der Waals surface area contributed by atoms with Gasteiger partial charge in [0.25, 0.3) is 11.4 Å². The van der Waals surface area contributed by atoms with Crippen molar-refractivity contribution in [2.45, 2.75) is 0 Å². The molecule has 33 heavy (non-hydrogen) atoms. The van der Waals surface area contributed by atoms with Gasteiger partial charge in [-0.05, 0) is 36.4 Å². The molecule has 168 valence electrons. The van der Waals surface area contributed by atoms with Crippen LogP contribution in [0.15, 0.2) is 54.6 Å². The first-order chi connectivity index (χ1) is 15.6. The Morgan fingerprint density at radius 2 is 1.15 bits per heavy atom. The van der Waals surface area contributed by atoms with E-state index in [9.17, 15) is 29.8 Å². The molecule has 0 fully saturated rings. The Labute approximate surface area is 199 Å². The lowest BCUT2D eigenvalue weighted by Gasteiger charge is -2.09. The van der Waals surface area contributed by atoms with Crippen LogP contribution in [0, 0.1) is 20.2 Å². The molecule has 0 aliphatic carbocycles. The Bertz CT molecular complexity index is 1310. The summed E-state index contributed by atoms with van der Waals surface area (Å²) in [6, 6.07) is 10.5. The summed E-state index contributed by atoms with van der Waals surface area (Å²) in [5, 5.41) is 21.5. The van der Waals surface area contributed by atoms with Crippen LogP contribution in [-0.2, 0) is 0 Å². The van der Waals surface area contributed by atoms with Crippen molar-refractivity contribution in [1.29, 1.82) is 0 Å². The minimum atomic E-state index is -0.935. The SMILES string of the molecule is O=C(Oc1ccc(OC(=O)c2ccc(Cl)c([N+](=O)[O-])c2)c(Cl)c1)c1ccc(Cl)c([N+](=O)[O-])c1. The fourth-order valence-electron chi connectivity index (χ4n) is 2.51. The smallest absolute Gasteiger partial charge is 0.343 e. The van der Waals surface area contributed by atoms with Crippen LogP contribution < -0.4 is 9.47 Å². The van der Waals surface area contributed by atoms with Gasteiger partial charge in [-0.3, -0.25) is 20.2 Å². The Balaban J connectivity index is 1.75. The topological polar surface area (TPSA) is 139 Å². The largest absolute Gasteiger partial charge is 0.423 e. The van der Waals surface area contributed by atoms with E-state index >= 15 is 0 Å². The van der Waals surface area contributed by atoms with E-state index in [4.69, 9.17) is 44.3 Å². The van der Waals surface area contributed by atoms with E-state index in [1.807, 2.05) is 0 Å². The highest BCUT2D eigenvalue weighted by Crippen LogP contribution is 2.32. The molecule has 3 aromatic rings. The van der Waals surface area contributed by atoms with E-state index in [1.54, 1.807) is 0 Å². The molecule has 3 rings (SSSR count). The van der Waals surface area contributed by atoms with E-state index in [1.165, 1.54) is 42.5 Å². The van der Waals surface area contributed by atoms with Gasteiger partial charge in [0.15, 0.2) is 0 Å². The maximum Gasteiger partial charge on any atom is 0.343 e. The molecule has 3 aromatic carbocycles. The number of benzene rings is 3. The zero-order chi connectivity index (χ0) is 24.3. The molecule has 0 unspecified atom stereocenters. The number of nitrogens with zero attached hydrogens (tertiary/aromatic N) is 2. The number of hydrogen-bond acceptors (Lipinski definition) is 8. The maximum atomic E-state index is 12.3. The molecule has 0 aliphatic heterocycles. The number of nitro benzene ring substituents is 2. The lowest BCUT2D eigenvalue weighted by molar-refractivity contribution is -0.384. The average Bonchev–Trinajstić information content (AvgIpc) is 2.75. The summed E-state index contributed by atoms with van der Waals surface area (Å²) in [5.74, 6) is -2.00. The molecule has 0 saturated heterocycles. The third-order valence-corrected chi connectivity index (χ3v) is 5.01. The molecule has 0 bridgehead atoms. The monoisotopic (exact) mass is 510 g/mol. The standard InChI is InChI=1S/C20H9Cl3N2O8/c21-13-4-1-10(7-16(13)24(28)29)19(26)32-12-3-6-18(15(23)9-12)33-20(27)11-2-5-14(22)17(8-11)25(30)31/h1-9H. The van der Waals surface area contributed by atoms with E-state index in [2.05, 4.69) is 0 Å². The molecule has 0 atom stereocenters. The third-order valence-electron chi connectivity index (χ3n) is 4.07. The summed E-state index contributed by atoms with van der Waals surface area (Å²) in [6.07, 6.45) is 0. The van der Waals surface area contributed by atoms with Crippen LogP contribution >= 0.6 is 34.8 Å². The summed E-state index contributed by atoms with van der Waals surface area (Å²) >= 11 is 17.5. The number of rotatable bonds is 6. The van der Waals surface area contributed by atoms with E-state index in [0.29, 0.717) is 0 Å². The molecular formula is C20H9Cl3N2O8. The van der Waals surface area contributed by atoms with Gasteiger partial charge in [0, 0.05) is 18.2 Å². The molecule has 0 heterocycles. The second-order valence-electron chi connectivity index (χ2n) is 6.22. The number of nitro groups is 2. The number of halogens is 3. The Morgan fingerprint density at radius 3 is 1.61 bits per heavy atom. The fourth-order valence-corrected chi connectivity index (χ4v) is 3.09. The summed E-state index contributed by atoms with van der Waals surface area (Å²) in [4.78, 5) is 45.1. The Morgan fingerprint density at radius 1 is 0.667 bits per heavy atom. The first-order valence-corrected chi connectivity index (χ1v) is 9.82. The van der Waals surface area contributed by atoms with Gasteiger partial charge in [0.1, 0.15) is 21.5 Å². The summed E-state index contributed by atoms with van der Waals surface area (Å²) in [5.41, 5.74) is -1.19. The fraction of sp³-hybridized carbons (Fsp3) is 0. The summed E-state index contributed by atoms with van der Waals surface area (Å²) in [7, 11) is 0. The highest BCUT2D eigenvalue weighted by atomic mass is 35.5. The summed E-state index contributed by atoms with van der Waals surface area (Å²) < 4.78 is 10.3. The second kappa shape index (κ2) is 9.82. The second-order valence-corrected chi connectivity index (χ2v) is 7.44. The van der Waals surface area contributed by atoms with E-state index in [0.717, 1.165) is 12.1 Å². The van der Waals surface area contributed by atoms with Gasteiger partial charge in [-0.1, -0.05) is 34.8 Å². The van der Waals surface area contributed by atoms with Crippen LogP contribution in [-0.4, -0.2) is 21.8 Å². The van der Waals surface area contributed by atoms with Crippen LogP contribution in [0.1, 0.15) is 20.7 Å². The number of ether oxygens (including phenoxy) is 2. The molecule has 0 saturated carbocycles. The number of esters is 2. The highest BCUT2D eigenvalue weighted by molar-refractivity contribution is 6.33. The van der Waals surface area contributed by atoms with Crippen molar-refractivity contribution in [2.75, 3.05) is 0 Å². The first-order valence-electron chi connectivity index (χ1n) is 8.68. The quantitative estimate of drug-likeness (QED) is 0.172. The Kier molecular flexibility index (Phi) is 7.12. The molecule has 0 spiro atoms. The van der Waals surface area contributed by atoms with Crippen molar-refractivity contribution in [1.82, 2.24) is 0 Å². The first kappa shape index (κ1) is 23.9. The molecule has 0 aromatic heterocycles. The minimum absolute atomic E-state index is 0.0375. The molecule has 10 nitrogen and oxygen atoms in total. The van der Waals surface area contributed by atoms with Crippen molar-refractivity contribution in [3.05, 3.63) is 101 Å². The van der Waals surface area contributed by atoms with Crippen LogP contribution in [0.4, 0.5) is 11.4 Å². The van der Waals surface area contributed by atoms with Crippen LogP contribution in [0.5, 0.6) is 11.5 Å². The number of hydrogen-bond donors (Lipinski definition) is 0.